The van der Waals surface area contributed by atoms with E-state index in [0.717, 1.165) is 11.3 Å². The molecular formula is C15H19NO3. The van der Waals surface area contributed by atoms with Crippen LogP contribution in [-0.4, -0.2) is 17.5 Å². The van der Waals surface area contributed by atoms with Crippen LogP contribution in [0, 0.1) is 12.8 Å². The minimum atomic E-state index is -0.452. The Morgan fingerprint density at radius 1 is 1.37 bits per heavy atom. The van der Waals surface area contributed by atoms with Gasteiger partial charge < -0.3 is 10.1 Å². The van der Waals surface area contributed by atoms with Crippen LogP contribution in [-0.2, 0) is 14.3 Å². The molecule has 1 saturated heterocycles. The molecule has 0 bridgehead atoms. The first-order chi connectivity index (χ1) is 8.85. The van der Waals surface area contributed by atoms with E-state index < -0.39 is 5.60 Å². The van der Waals surface area contributed by atoms with Gasteiger partial charge in [-0.25, -0.2) is 0 Å². The molecule has 0 aliphatic carbocycles. The summed E-state index contributed by atoms with van der Waals surface area (Å²) in [5, 5.41) is 2.80. The number of benzene rings is 1. The molecule has 0 saturated carbocycles. The molecule has 0 unspecified atom stereocenters. The van der Waals surface area contributed by atoms with Gasteiger partial charge in [-0.15, -0.1) is 0 Å². The van der Waals surface area contributed by atoms with Gasteiger partial charge in [0.2, 0.25) is 5.91 Å². The predicted molar refractivity (Wildman–Crippen MR) is 72.7 cm³/mol. The maximum atomic E-state index is 11.9. The van der Waals surface area contributed by atoms with Gasteiger partial charge in [-0.3, -0.25) is 9.59 Å². The Kier molecular flexibility index (Phi) is 3.60. The molecule has 4 heteroatoms. The van der Waals surface area contributed by atoms with Gasteiger partial charge in [0.05, 0.1) is 5.92 Å². The van der Waals surface area contributed by atoms with Crippen molar-refractivity contribution >= 4 is 17.6 Å². The average Bonchev–Trinajstić information content (AvgIpc) is 2.55. The van der Waals surface area contributed by atoms with Crippen molar-refractivity contribution in [3.8, 4) is 0 Å². The number of carbonyl (C=O) groups is 2. The molecule has 0 aromatic heterocycles. The second-order valence-corrected chi connectivity index (χ2v) is 5.70. The Morgan fingerprint density at radius 2 is 2.00 bits per heavy atom. The Bertz CT molecular complexity index is 491. The zero-order chi connectivity index (χ0) is 14.0. The van der Waals surface area contributed by atoms with Crippen molar-refractivity contribution in [1.82, 2.24) is 0 Å². The largest absolute Gasteiger partial charge is 0.459 e. The van der Waals surface area contributed by atoms with Crippen molar-refractivity contribution in [2.45, 2.75) is 39.2 Å². The fourth-order valence-electron chi connectivity index (χ4n) is 2.30. The SMILES string of the molecule is Cc1ccc(NC(=O)C[C@@H]2CC(C)(C)OC2=O)cc1. The van der Waals surface area contributed by atoms with Gasteiger partial charge >= 0.3 is 5.97 Å². The topological polar surface area (TPSA) is 55.4 Å². The van der Waals surface area contributed by atoms with E-state index in [1.165, 1.54) is 0 Å². The maximum Gasteiger partial charge on any atom is 0.310 e. The van der Waals surface area contributed by atoms with E-state index in [4.69, 9.17) is 4.74 Å². The summed E-state index contributed by atoms with van der Waals surface area (Å²) in [7, 11) is 0. The molecule has 1 N–H and O–H groups in total. The Labute approximate surface area is 113 Å². The van der Waals surface area contributed by atoms with E-state index in [9.17, 15) is 9.59 Å². The molecule has 2 rings (SSSR count). The number of esters is 1. The van der Waals surface area contributed by atoms with Crippen molar-refractivity contribution < 1.29 is 14.3 Å². The summed E-state index contributed by atoms with van der Waals surface area (Å²) in [6, 6.07) is 7.57. The van der Waals surface area contributed by atoms with Crippen LogP contribution >= 0.6 is 0 Å². The number of nitrogens with one attached hydrogen (secondary N) is 1. The van der Waals surface area contributed by atoms with Crippen LogP contribution in [0.3, 0.4) is 0 Å². The van der Waals surface area contributed by atoms with Gasteiger partial charge in [0.25, 0.3) is 0 Å². The lowest BCUT2D eigenvalue weighted by Gasteiger charge is -2.14. The summed E-state index contributed by atoms with van der Waals surface area (Å²) in [5.74, 6) is -0.756. The molecule has 0 spiro atoms. The van der Waals surface area contributed by atoms with Crippen LogP contribution in [0.4, 0.5) is 5.69 Å². The van der Waals surface area contributed by atoms with Crippen LogP contribution in [0.15, 0.2) is 24.3 Å². The minimum absolute atomic E-state index is 0.150. The minimum Gasteiger partial charge on any atom is -0.459 e. The van der Waals surface area contributed by atoms with E-state index >= 15 is 0 Å². The highest BCUT2D eigenvalue weighted by Gasteiger charge is 2.40. The number of hydrogen-bond donors (Lipinski definition) is 1. The molecule has 1 aliphatic heterocycles. The van der Waals surface area contributed by atoms with Gasteiger partial charge in [-0.2, -0.15) is 0 Å². The third-order valence-corrected chi connectivity index (χ3v) is 3.22. The summed E-state index contributed by atoms with van der Waals surface area (Å²) in [5.41, 5.74) is 1.44. The number of rotatable bonds is 3. The number of hydrogen-bond acceptors (Lipinski definition) is 3. The lowest BCUT2D eigenvalue weighted by molar-refractivity contribution is -0.149. The van der Waals surface area contributed by atoms with Gasteiger partial charge in [-0.1, -0.05) is 17.7 Å². The van der Waals surface area contributed by atoms with Crippen molar-refractivity contribution in [3.63, 3.8) is 0 Å². The number of aryl methyl sites for hydroxylation is 1. The zero-order valence-electron chi connectivity index (χ0n) is 11.5. The fourth-order valence-corrected chi connectivity index (χ4v) is 2.30. The highest BCUT2D eigenvalue weighted by molar-refractivity contribution is 5.93. The van der Waals surface area contributed by atoms with Gasteiger partial charge in [-0.05, 0) is 32.9 Å². The van der Waals surface area contributed by atoms with Crippen molar-refractivity contribution in [1.29, 1.82) is 0 Å². The van der Waals surface area contributed by atoms with E-state index in [1.54, 1.807) is 0 Å². The van der Waals surface area contributed by atoms with Gasteiger partial charge in [0.15, 0.2) is 0 Å². The normalized spacial score (nSPS) is 21.0. The van der Waals surface area contributed by atoms with E-state index in [-0.39, 0.29) is 24.2 Å². The van der Waals surface area contributed by atoms with E-state index in [2.05, 4.69) is 5.32 Å². The molecule has 0 radical (unpaired) electrons. The highest BCUT2D eigenvalue weighted by atomic mass is 16.6. The average molecular weight is 261 g/mol. The van der Waals surface area contributed by atoms with Gasteiger partial charge in [0, 0.05) is 18.5 Å². The predicted octanol–water partition coefficient (Wildman–Crippen LogP) is 2.67. The molecule has 1 fully saturated rings. The molecule has 1 aromatic rings. The number of carbonyl (C=O) groups excluding carboxylic acids is 2. The monoisotopic (exact) mass is 261 g/mol. The Balaban J connectivity index is 1.91. The van der Waals surface area contributed by atoms with Crippen molar-refractivity contribution in [3.05, 3.63) is 29.8 Å². The number of ether oxygens (including phenoxy) is 1. The van der Waals surface area contributed by atoms with Crippen LogP contribution in [0.1, 0.15) is 32.3 Å². The molecule has 102 valence electrons. The second-order valence-electron chi connectivity index (χ2n) is 5.70. The number of amides is 1. The molecular weight excluding hydrogens is 242 g/mol. The Hall–Kier alpha value is -1.84. The molecule has 1 aromatic carbocycles. The van der Waals surface area contributed by atoms with Crippen LogP contribution in [0.25, 0.3) is 0 Å². The quantitative estimate of drug-likeness (QED) is 0.851. The van der Waals surface area contributed by atoms with Crippen LogP contribution in [0.5, 0.6) is 0 Å². The smallest absolute Gasteiger partial charge is 0.310 e. The lowest BCUT2D eigenvalue weighted by atomic mass is 9.94. The third-order valence-electron chi connectivity index (χ3n) is 3.22. The number of anilines is 1. The standard InChI is InChI=1S/C15H19NO3/c1-10-4-6-12(7-5-10)16-13(17)8-11-9-15(2,3)19-14(11)18/h4-7,11H,8-9H2,1-3H3,(H,16,17)/t11-/m1/s1. The third kappa shape index (κ3) is 3.56. The molecule has 1 aliphatic rings. The lowest BCUT2D eigenvalue weighted by Crippen LogP contribution is -2.19. The Morgan fingerprint density at radius 3 is 2.53 bits per heavy atom. The first-order valence-electron chi connectivity index (χ1n) is 6.45. The second kappa shape index (κ2) is 5.03. The zero-order valence-corrected chi connectivity index (χ0v) is 11.5. The summed E-state index contributed by atoms with van der Waals surface area (Å²) in [6.07, 6.45) is 0.767. The summed E-state index contributed by atoms with van der Waals surface area (Å²) in [4.78, 5) is 23.5. The first kappa shape index (κ1) is 13.6. The van der Waals surface area contributed by atoms with Crippen LogP contribution < -0.4 is 5.32 Å². The highest BCUT2D eigenvalue weighted by Crippen LogP contribution is 2.32. The molecule has 1 heterocycles. The van der Waals surface area contributed by atoms with Crippen molar-refractivity contribution in [2.24, 2.45) is 5.92 Å². The summed E-state index contributed by atoms with van der Waals surface area (Å²) >= 11 is 0. The van der Waals surface area contributed by atoms with E-state index in [1.807, 2.05) is 45.0 Å². The van der Waals surface area contributed by atoms with Crippen molar-refractivity contribution in [2.75, 3.05) is 5.32 Å². The number of cyclic esters (lactones) is 1. The summed E-state index contributed by atoms with van der Waals surface area (Å²) in [6.45, 7) is 5.72. The maximum absolute atomic E-state index is 11.9. The molecule has 1 amide bonds. The fraction of sp³-hybridized carbons (Fsp3) is 0.467. The molecule has 19 heavy (non-hydrogen) atoms. The van der Waals surface area contributed by atoms with Gasteiger partial charge in [0.1, 0.15) is 5.60 Å². The van der Waals surface area contributed by atoms with Crippen LogP contribution in [0.2, 0.25) is 0 Å². The van der Waals surface area contributed by atoms with E-state index in [0.29, 0.717) is 6.42 Å². The molecule has 4 nitrogen and oxygen atoms in total. The first-order valence-corrected chi connectivity index (χ1v) is 6.45. The summed E-state index contributed by atoms with van der Waals surface area (Å²) < 4.78 is 5.21. The molecule has 1 atom stereocenters.